The van der Waals surface area contributed by atoms with Gasteiger partial charge < -0.3 is 25.6 Å². The molecule has 0 saturated heterocycles. The van der Waals surface area contributed by atoms with Crippen LogP contribution in [-0.4, -0.2) is 28.8 Å². The monoisotopic (exact) mass is 636 g/mol. The van der Waals surface area contributed by atoms with Gasteiger partial charge in [-0.3, -0.25) is 0 Å². The molecule has 0 unspecified atom stereocenters. The van der Waals surface area contributed by atoms with Crippen molar-refractivity contribution in [3.05, 3.63) is 125 Å². The van der Waals surface area contributed by atoms with Crippen LogP contribution in [0.4, 0.5) is 23.7 Å². The molecule has 0 saturated carbocycles. The summed E-state index contributed by atoms with van der Waals surface area (Å²) in [5, 5.41) is 24.3. The molecule has 10 heteroatoms. The Morgan fingerprint density at radius 3 is 1.91 bits per heavy atom. The van der Waals surface area contributed by atoms with Crippen LogP contribution in [-0.2, 0) is 6.18 Å². The number of carbonyl (C=O) groups is 2. The molecular formula is C36H39F3N2O5. The number of anilines is 1. The molecule has 244 valence electrons. The van der Waals surface area contributed by atoms with Crippen molar-refractivity contribution < 1.29 is 37.7 Å². The molecule has 0 heterocycles. The van der Waals surface area contributed by atoms with Gasteiger partial charge in [-0.1, -0.05) is 112 Å². The van der Waals surface area contributed by atoms with Gasteiger partial charge in [0.05, 0.1) is 11.3 Å². The molecule has 0 aromatic heterocycles. The molecule has 0 aliphatic rings. The third-order valence-corrected chi connectivity index (χ3v) is 6.94. The molecule has 46 heavy (non-hydrogen) atoms. The van der Waals surface area contributed by atoms with E-state index in [2.05, 4.69) is 17.6 Å². The minimum absolute atomic E-state index is 0.0599. The molecule has 0 atom stereocenters. The van der Waals surface area contributed by atoms with E-state index in [0.717, 1.165) is 67.9 Å². The number of alkyl halides is 3. The number of nitrogens with one attached hydrogen (secondary N) is 2. The fourth-order valence-corrected chi connectivity index (χ4v) is 4.48. The zero-order valence-electron chi connectivity index (χ0n) is 25.6. The Kier molecular flexibility index (Phi) is 14.1. The number of halogens is 3. The van der Waals surface area contributed by atoms with Gasteiger partial charge in [-0.15, -0.1) is 0 Å². The molecule has 4 aromatic carbocycles. The minimum Gasteiger partial charge on any atom is -0.478 e. The van der Waals surface area contributed by atoms with Crippen LogP contribution in [0, 0.1) is 0 Å². The SMILES string of the molecule is CCCCCCCCNC(=O)Nc1cc(C(F)(F)F)ccc1Oc1ccccc1C(=O)O.OC(c1ccccc1)c1ccccc1. The fraction of sp³-hybridized carbons (Fsp3) is 0.278. The number of amides is 2. The van der Waals surface area contributed by atoms with E-state index in [1.807, 2.05) is 60.7 Å². The van der Waals surface area contributed by atoms with Crippen molar-refractivity contribution >= 4 is 17.7 Å². The number of aliphatic hydroxyl groups is 1. The summed E-state index contributed by atoms with van der Waals surface area (Å²) in [5.41, 5.74) is 0.506. The first kappa shape index (κ1) is 35.6. The van der Waals surface area contributed by atoms with E-state index in [9.17, 15) is 33.0 Å². The van der Waals surface area contributed by atoms with Crippen LogP contribution in [0.5, 0.6) is 11.5 Å². The van der Waals surface area contributed by atoms with Crippen LogP contribution in [0.3, 0.4) is 0 Å². The smallest absolute Gasteiger partial charge is 0.416 e. The highest BCUT2D eigenvalue weighted by molar-refractivity contribution is 5.92. The first-order chi connectivity index (χ1) is 22.1. The largest absolute Gasteiger partial charge is 0.478 e. The Bertz CT molecular complexity index is 1480. The number of urea groups is 1. The normalized spacial score (nSPS) is 10.9. The summed E-state index contributed by atoms with van der Waals surface area (Å²) >= 11 is 0. The molecule has 7 nitrogen and oxygen atoms in total. The number of carboxylic acid groups (broad SMARTS) is 1. The van der Waals surface area contributed by atoms with Crippen molar-refractivity contribution in [3.8, 4) is 11.5 Å². The van der Waals surface area contributed by atoms with Crippen LogP contribution in [0.1, 0.15) is 78.6 Å². The summed E-state index contributed by atoms with van der Waals surface area (Å²) in [6.07, 6.45) is 1.06. The zero-order chi connectivity index (χ0) is 33.4. The Hall–Kier alpha value is -4.83. The van der Waals surface area contributed by atoms with Gasteiger partial charge in [0, 0.05) is 6.54 Å². The Morgan fingerprint density at radius 2 is 1.33 bits per heavy atom. The second-order valence-corrected chi connectivity index (χ2v) is 10.5. The topological polar surface area (TPSA) is 108 Å². The van der Waals surface area contributed by atoms with Gasteiger partial charge in [0.15, 0.2) is 5.75 Å². The molecule has 4 N–H and O–H groups in total. The molecule has 0 bridgehead atoms. The maximum Gasteiger partial charge on any atom is 0.416 e. The number of unbranched alkanes of at least 4 members (excludes halogenated alkanes) is 5. The van der Waals surface area contributed by atoms with E-state index in [-0.39, 0.29) is 22.7 Å². The summed E-state index contributed by atoms with van der Waals surface area (Å²) in [6, 6.07) is 27.0. The Morgan fingerprint density at radius 1 is 0.761 bits per heavy atom. The molecule has 0 fully saturated rings. The third kappa shape index (κ3) is 11.6. The van der Waals surface area contributed by atoms with E-state index in [1.54, 1.807) is 0 Å². The minimum atomic E-state index is -4.62. The average molecular weight is 637 g/mol. The number of aliphatic hydroxyl groups excluding tert-OH is 1. The number of rotatable bonds is 13. The van der Waals surface area contributed by atoms with Gasteiger partial charge in [0.25, 0.3) is 0 Å². The van der Waals surface area contributed by atoms with E-state index in [0.29, 0.717) is 6.54 Å². The second-order valence-electron chi connectivity index (χ2n) is 10.5. The molecule has 4 aromatic rings. The lowest BCUT2D eigenvalue weighted by Crippen LogP contribution is -2.29. The molecule has 4 rings (SSSR count). The van der Waals surface area contributed by atoms with Gasteiger partial charge in [-0.2, -0.15) is 13.2 Å². The molecule has 0 radical (unpaired) electrons. The Labute approximate surface area is 267 Å². The van der Waals surface area contributed by atoms with Crippen molar-refractivity contribution in [1.29, 1.82) is 0 Å². The number of benzene rings is 4. The third-order valence-electron chi connectivity index (χ3n) is 6.94. The predicted octanol–water partition coefficient (Wildman–Crippen LogP) is 9.45. The van der Waals surface area contributed by atoms with Gasteiger partial charge in [-0.25, -0.2) is 9.59 Å². The summed E-state index contributed by atoms with van der Waals surface area (Å²) in [7, 11) is 0. The first-order valence-electron chi connectivity index (χ1n) is 15.1. The number of carbonyl (C=O) groups excluding carboxylic acids is 1. The highest BCUT2D eigenvalue weighted by Crippen LogP contribution is 2.37. The predicted molar refractivity (Wildman–Crippen MR) is 172 cm³/mol. The maximum absolute atomic E-state index is 13.2. The van der Waals surface area contributed by atoms with Crippen molar-refractivity contribution in [2.24, 2.45) is 0 Å². The average Bonchev–Trinajstić information content (AvgIpc) is 3.05. The van der Waals surface area contributed by atoms with Crippen molar-refractivity contribution in [2.45, 2.75) is 57.7 Å². The number of aromatic carboxylic acids is 1. The summed E-state index contributed by atoms with van der Waals surface area (Å²) in [4.78, 5) is 23.6. The van der Waals surface area contributed by atoms with E-state index >= 15 is 0 Å². The van der Waals surface area contributed by atoms with Crippen molar-refractivity contribution in [1.82, 2.24) is 5.32 Å². The number of ether oxygens (including phenoxy) is 1. The van der Waals surface area contributed by atoms with Crippen LogP contribution in [0.15, 0.2) is 103 Å². The van der Waals surface area contributed by atoms with Crippen LogP contribution < -0.4 is 15.4 Å². The highest BCUT2D eigenvalue weighted by Gasteiger charge is 2.31. The van der Waals surface area contributed by atoms with Crippen LogP contribution in [0.25, 0.3) is 0 Å². The Balaban J connectivity index is 0.000000339. The number of hydrogen-bond acceptors (Lipinski definition) is 4. The highest BCUT2D eigenvalue weighted by atomic mass is 19.4. The first-order valence-corrected chi connectivity index (χ1v) is 15.1. The lowest BCUT2D eigenvalue weighted by molar-refractivity contribution is -0.137. The molecule has 2 amide bonds. The molecule has 0 aliphatic carbocycles. The van der Waals surface area contributed by atoms with Crippen LogP contribution >= 0.6 is 0 Å². The fourth-order valence-electron chi connectivity index (χ4n) is 4.48. The van der Waals surface area contributed by atoms with Crippen LogP contribution in [0.2, 0.25) is 0 Å². The summed E-state index contributed by atoms with van der Waals surface area (Å²) < 4.78 is 45.0. The van der Waals surface area contributed by atoms with Crippen molar-refractivity contribution in [2.75, 3.05) is 11.9 Å². The number of carboxylic acids is 1. The number of para-hydroxylation sites is 1. The quantitative estimate of drug-likeness (QED) is 0.109. The van der Waals surface area contributed by atoms with Gasteiger partial charge in [0.1, 0.15) is 17.4 Å². The van der Waals surface area contributed by atoms with E-state index in [4.69, 9.17) is 4.74 Å². The number of hydrogen-bond donors (Lipinski definition) is 4. The zero-order valence-corrected chi connectivity index (χ0v) is 25.6. The lowest BCUT2D eigenvalue weighted by atomic mass is 10.0. The van der Waals surface area contributed by atoms with E-state index < -0.39 is 29.8 Å². The molecule has 0 spiro atoms. The van der Waals surface area contributed by atoms with Gasteiger partial charge >= 0.3 is 18.2 Å². The maximum atomic E-state index is 13.2. The van der Waals surface area contributed by atoms with Gasteiger partial charge in [-0.05, 0) is 47.9 Å². The summed E-state index contributed by atoms with van der Waals surface area (Å²) in [5.74, 6) is -1.42. The standard InChI is InChI=1S/C23H27F3N2O4.C13H12O/c1-2-3-4-5-6-9-14-27-22(31)28-18-15-16(23(24,25)26)12-13-20(18)32-19-11-8-7-10-17(19)21(29)30;14-13(11-7-3-1-4-8-11)12-9-5-2-6-10-12/h7-8,10-13,15H,2-6,9,14H2,1H3,(H,29,30)(H2,27,28,31);1-10,13-14H. The van der Waals surface area contributed by atoms with E-state index in [1.165, 1.54) is 24.3 Å². The molecule has 0 aliphatic heterocycles. The summed E-state index contributed by atoms with van der Waals surface area (Å²) in [6.45, 7) is 2.51. The lowest BCUT2D eigenvalue weighted by Gasteiger charge is -2.16. The molecular weight excluding hydrogens is 597 g/mol. The second kappa shape index (κ2) is 18.2. The van der Waals surface area contributed by atoms with Crippen molar-refractivity contribution in [3.63, 3.8) is 0 Å². The van der Waals surface area contributed by atoms with Gasteiger partial charge in [0.2, 0.25) is 0 Å².